The van der Waals surface area contributed by atoms with Crippen molar-refractivity contribution in [2.24, 2.45) is 5.73 Å². The van der Waals surface area contributed by atoms with Crippen LogP contribution in [0.4, 0.5) is 0 Å². The van der Waals surface area contributed by atoms with Gasteiger partial charge in [0.2, 0.25) is 5.91 Å². The summed E-state index contributed by atoms with van der Waals surface area (Å²) in [6.07, 6.45) is 0.532. The SMILES string of the molecule is Cc1cc(C)cc(OCCNC(=O)[C@@H](N)Cc2ccccc2)c1.Cl. The zero-order valence-electron chi connectivity index (χ0n) is 14.1. The molecule has 0 bridgehead atoms. The van der Waals surface area contributed by atoms with E-state index < -0.39 is 6.04 Å². The Balaban J connectivity index is 0.00000288. The van der Waals surface area contributed by atoms with E-state index in [-0.39, 0.29) is 18.3 Å². The summed E-state index contributed by atoms with van der Waals surface area (Å²) in [7, 11) is 0. The molecule has 130 valence electrons. The molecule has 1 amide bonds. The van der Waals surface area contributed by atoms with Gasteiger partial charge in [-0.3, -0.25) is 4.79 Å². The van der Waals surface area contributed by atoms with Crippen LogP contribution in [0.5, 0.6) is 5.75 Å². The molecule has 0 aliphatic rings. The third-order valence-corrected chi connectivity index (χ3v) is 3.50. The molecule has 5 heteroatoms. The van der Waals surface area contributed by atoms with Gasteiger partial charge in [-0.1, -0.05) is 36.4 Å². The second-order valence-corrected chi connectivity index (χ2v) is 5.76. The Kier molecular flexibility index (Phi) is 8.30. The highest BCUT2D eigenvalue weighted by molar-refractivity contribution is 5.85. The van der Waals surface area contributed by atoms with Crippen LogP contribution in [-0.2, 0) is 11.2 Å². The van der Waals surface area contributed by atoms with Crippen LogP contribution in [0.1, 0.15) is 16.7 Å². The van der Waals surface area contributed by atoms with Crippen LogP contribution in [0.25, 0.3) is 0 Å². The molecule has 0 aromatic heterocycles. The Bertz CT molecular complexity index is 627. The van der Waals surface area contributed by atoms with E-state index >= 15 is 0 Å². The van der Waals surface area contributed by atoms with Crippen LogP contribution in [-0.4, -0.2) is 25.1 Å². The van der Waals surface area contributed by atoms with Crippen molar-refractivity contribution < 1.29 is 9.53 Å². The molecule has 0 fully saturated rings. The van der Waals surface area contributed by atoms with Gasteiger partial charge in [0.15, 0.2) is 0 Å². The maximum Gasteiger partial charge on any atom is 0.237 e. The van der Waals surface area contributed by atoms with E-state index in [9.17, 15) is 4.79 Å². The van der Waals surface area contributed by atoms with Gasteiger partial charge in [0.1, 0.15) is 12.4 Å². The third kappa shape index (κ3) is 6.60. The van der Waals surface area contributed by atoms with Crippen LogP contribution in [0, 0.1) is 13.8 Å². The van der Waals surface area contributed by atoms with Crippen LogP contribution in [0.2, 0.25) is 0 Å². The maximum atomic E-state index is 12.0. The highest BCUT2D eigenvalue weighted by atomic mass is 35.5. The molecule has 4 nitrogen and oxygen atoms in total. The first kappa shape index (κ1) is 20.0. The molecule has 0 radical (unpaired) electrons. The number of hydrogen-bond acceptors (Lipinski definition) is 3. The average molecular weight is 349 g/mol. The van der Waals surface area contributed by atoms with Crippen molar-refractivity contribution in [2.45, 2.75) is 26.3 Å². The highest BCUT2D eigenvalue weighted by Crippen LogP contribution is 2.15. The lowest BCUT2D eigenvalue weighted by molar-refractivity contribution is -0.122. The van der Waals surface area contributed by atoms with Gasteiger partial charge in [0.25, 0.3) is 0 Å². The Morgan fingerprint density at radius 3 is 2.38 bits per heavy atom. The number of aryl methyl sites for hydroxylation is 2. The first-order valence-electron chi connectivity index (χ1n) is 7.83. The predicted octanol–water partition coefficient (Wildman–Crippen LogP) is 2.79. The number of carbonyl (C=O) groups is 1. The number of ether oxygens (including phenoxy) is 1. The minimum Gasteiger partial charge on any atom is -0.492 e. The van der Waals surface area contributed by atoms with E-state index in [0.717, 1.165) is 22.4 Å². The molecular formula is C19H25ClN2O2. The van der Waals surface area contributed by atoms with Gasteiger partial charge in [0.05, 0.1) is 12.6 Å². The lowest BCUT2D eigenvalue weighted by atomic mass is 10.1. The maximum absolute atomic E-state index is 12.0. The fourth-order valence-corrected chi connectivity index (χ4v) is 2.45. The van der Waals surface area contributed by atoms with Crippen molar-refractivity contribution >= 4 is 18.3 Å². The zero-order chi connectivity index (χ0) is 16.7. The van der Waals surface area contributed by atoms with E-state index in [0.29, 0.717) is 19.6 Å². The van der Waals surface area contributed by atoms with E-state index in [1.165, 1.54) is 0 Å². The number of amides is 1. The molecule has 0 heterocycles. The second-order valence-electron chi connectivity index (χ2n) is 5.76. The third-order valence-electron chi connectivity index (χ3n) is 3.50. The molecule has 1 atom stereocenters. The van der Waals surface area contributed by atoms with Gasteiger partial charge in [-0.05, 0) is 49.1 Å². The number of nitrogens with one attached hydrogen (secondary N) is 1. The largest absolute Gasteiger partial charge is 0.492 e. The fraction of sp³-hybridized carbons (Fsp3) is 0.316. The van der Waals surface area contributed by atoms with Gasteiger partial charge < -0.3 is 15.8 Å². The summed E-state index contributed by atoms with van der Waals surface area (Å²) < 4.78 is 5.66. The van der Waals surface area contributed by atoms with Gasteiger partial charge in [-0.2, -0.15) is 0 Å². The van der Waals surface area contributed by atoms with Crippen molar-refractivity contribution in [1.29, 1.82) is 0 Å². The molecule has 0 unspecified atom stereocenters. The number of benzene rings is 2. The molecule has 2 aromatic carbocycles. The van der Waals surface area contributed by atoms with Gasteiger partial charge in [-0.15, -0.1) is 12.4 Å². The number of nitrogens with two attached hydrogens (primary N) is 1. The topological polar surface area (TPSA) is 64.3 Å². The number of rotatable bonds is 7. The first-order valence-corrected chi connectivity index (χ1v) is 7.83. The van der Waals surface area contributed by atoms with E-state index in [2.05, 4.69) is 11.4 Å². The lowest BCUT2D eigenvalue weighted by Gasteiger charge is -2.13. The quantitative estimate of drug-likeness (QED) is 0.756. The Hall–Kier alpha value is -2.04. The van der Waals surface area contributed by atoms with Crippen molar-refractivity contribution in [3.05, 3.63) is 65.2 Å². The first-order chi connectivity index (χ1) is 11.0. The Labute approximate surface area is 149 Å². The smallest absolute Gasteiger partial charge is 0.237 e. The summed E-state index contributed by atoms with van der Waals surface area (Å²) in [5, 5.41) is 2.81. The van der Waals surface area contributed by atoms with Crippen LogP contribution in [0.15, 0.2) is 48.5 Å². The van der Waals surface area contributed by atoms with Crippen molar-refractivity contribution in [3.63, 3.8) is 0 Å². The predicted molar refractivity (Wildman–Crippen MR) is 99.8 cm³/mol. The van der Waals surface area contributed by atoms with Crippen LogP contribution in [0.3, 0.4) is 0 Å². The molecule has 0 saturated heterocycles. The summed E-state index contributed by atoms with van der Waals surface area (Å²) in [6.45, 7) is 4.93. The summed E-state index contributed by atoms with van der Waals surface area (Å²) in [6, 6.07) is 15.3. The minimum atomic E-state index is -0.543. The van der Waals surface area contributed by atoms with Gasteiger partial charge in [0, 0.05) is 0 Å². The van der Waals surface area contributed by atoms with Gasteiger partial charge >= 0.3 is 0 Å². The summed E-state index contributed by atoms with van der Waals surface area (Å²) >= 11 is 0. The molecule has 2 aromatic rings. The number of halogens is 1. The normalized spacial score (nSPS) is 11.3. The lowest BCUT2D eigenvalue weighted by Crippen LogP contribution is -2.43. The van der Waals surface area contributed by atoms with E-state index in [1.807, 2.05) is 56.3 Å². The van der Waals surface area contributed by atoms with Crippen molar-refractivity contribution in [3.8, 4) is 5.75 Å². The number of hydrogen-bond donors (Lipinski definition) is 2. The summed E-state index contributed by atoms with van der Waals surface area (Å²) in [4.78, 5) is 12.0. The highest BCUT2D eigenvalue weighted by Gasteiger charge is 2.13. The van der Waals surface area contributed by atoms with Crippen molar-refractivity contribution in [2.75, 3.05) is 13.2 Å². The van der Waals surface area contributed by atoms with E-state index in [4.69, 9.17) is 10.5 Å². The number of carbonyl (C=O) groups excluding carboxylic acids is 1. The van der Waals surface area contributed by atoms with Crippen LogP contribution < -0.4 is 15.8 Å². The summed E-state index contributed by atoms with van der Waals surface area (Å²) in [5.41, 5.74) is 9.31. The monoisotopic (exact) mass is 348 g/mol. The molecule has 0 aliphatic carbocycles. The minimum absolute atomic E-state index is 0. The standard InChI is InChI=1S/C19H24N2O2.ClH/c1-14-10-15(2)12-17(11-14)23-9-8-21-19(22)18(20)13-16-6-4-3-5-7-16;/h3-7,10-12,18H,8-9,13,20H2,1-2H3,(H,21,22);1H/t18-;/m0./s1. The van der Waals surface area contributed by atoms with E-state index in [1.54, 1.807) is 0 Å². The fourth-order valence-electron chi connectivity index (χ4n) is 2.45. The Morgan fingerprint density at radius 2 is 1.75 bits per heavy atom. The summed E-state index contributed by atoms with van der Waals surface area (Å²) in [5.74, 6) is 0.670. The molecule has 0 spiro atoms. The molecule has 3 N–H and O–H groups in total. The molecule has 2 rings (SSSR count). The van der Waals surface area contributed by atoms with Gasteiger partial charge in [-0.25, -0.2) is 0 Å². The second kappa shape index (κ2) is 9.96. The zero-order valence-corrected chi connectivity index (χ0v) is 14.9. The Morgan fingerprint density at radius 1 is 1.12 bits per heavy atom. The molecule has 24 heavy (non-hydrogen) atoms. The molecule has 0 aliphatic heterocycles. The molecule has 0 saturated carbocycles. The van der Waals surface area contributed by atoms with Crippen LogP contribution >= 0.6 is 12.4 Å². The average Bonchev–Trinajstić information content (AvgIpc) is 2.51. The molecular weight excluding hydrogens is 324 g/mol. The van der Waals surface area contributed by atoms with Crippen molar-refractivity contribution in [1.82, 2.24) is 5.32 Å².